The molecule has 1 atom stereocenters. The van der Waals surface area contributed by atoms with E-state index in [9.17, 15) is 4.79 Å². The van der Waals surface area contributed by atoms with Crippen LogP contribution in [-0.4, -0.2) is 37.9 Å². The van der Waals surface area contributed by atoms with Crippen LogP contribution in [0, 0.1) is 0 Å². The average Bonchev–Trinajstić information content (AvgIpc) is 2.35. The summed E-state index contributed by atoms with van der Waals surface area (Å²) in [6, 6.07) is 4.93. The van der Waals surface area contributed by atoms with Gasteiger partial charge in [-0.2, -0.15) is 0 Å². The predicted octanol–water partition coefficient (Wildman–Crippen LogP) is 0.872. The summed E-state index contributed by atoms with van der Waals surface area (Å²) in [6.07, 6.45) is 0. The van der Waals surface area contributed by atoms with Crippen molar-refractivity contribution in [1.82, 2.24) is 0 Å². The second-order valence-electron chi connectivity index (χ2n) is 3.91. The highest BCUT2D eigenvalue weighted by atomic mass is 16.5. The number of esters is 1. The third-order valence-electron chi connectivity index (χ3n) is 2.75. The lowest BCUT2D eigenvalue weighted by molar-refractivity contribution is 0.0601. The molecule has 0 spiro atoms. The number of aliphatic hydroxyl groups is 1. The van der Waals surface area contributed by atoms with Gasteiger partial charge in [0.25, 0.3) is 0 Å². The van der Waals surface area contributed by atoms with Crippen LogP contribution in [0.5, 0.6) is 0 Å². The van der Waals surface area contributed by atoms with Crippen molar-refractivity contribution in [3.63, 3.8) is 0 Å². The number of carbonyl (C=O) groups excluding carboxylic acids is 1. The fourth-order valence-corrected chi connectivity index (χ4v) is 1.48. The van der Waals surface area contributed by atoms with E-state index in [-0.39, 0.29) is 12.6 Å². The van der Waals surface area contributed by atoms with Crippen LogP contribution in [0.3, 0.4) is 0 Å². The SMILES string of the molecule is COC(=O)c1ccc(N(C)C(C)CO)c(N)c1. The van der Waals surface area contributed by atoms with Crippen LogP contribution in [0.15, 0.2) is 18.2 Å². The number of nitrogens with zero attached hydrogens (tertiary/aromatic N) is 1. The third-order valence-corrected chi connectivity index (χ3v) is 2.75. The van der Waals surface area contributed by atoms with Crippen LogP contribution < -0.4 is 10.6 Å². The maximum atomic E-state index is 11.3. The molecule has 0 aliphatic carbocycles. The summed E-state index contributed by atoms with van der Waals surface area (Å²) in [5.41, 5.74) is 7.55. The summed E-state index contributed by atoms with van der Waals surface area (Å²) in [4.78, 5) is 13.2. The first-order valence-corrected chi connectivity index (χ1v) is 5.32. The molecule has 0 saturated heterocycles. The Morgan fingerprint density at radius 3 is 2.71 bits per heavy atom. The molecule has 0 heterocycles. The molecular formula is C12H18N2O3. The summed E-state index contributed by atoms with van der Waals surface area (Å²) in [5, 5.41) is 9.08. The number of anilines is 2. The molecule has 3 N–H and O–H groups in total. The molecule has 0 radical (unpaired) electrons. The Bertz CT molecular complexity index is 407. The van der Waals surface area contributed by atoms with Crippen LogP contribution >= 0.6 is 0 Å². The zero-order chi connectivity index (χ0) is 13.0. The fraction of sp³-hybridized carbons (Fsp3) is 0.417. The Hall–Kier alpha value is -1.75. The molecule has 0 saturated carbocycles. The van der Waals surface area contributed by atoms with Gasteiger partial charge in [0.05, 0.1) is 30.7 Å². The number of aliphatic hydroxyl groups excluding tert-OH is 1. The highest BCUT2D eigenvalue weighted by molar-refractivity contribution is 5.91. The first-order chi connectivity index (χ1) is 8.01. The van der Waals surface area contributed by atoms with E-state index in [0.29, 0.717) is 11.3 Å². The number of hydrogen-bond acceptors (Lipinski definition) is 5. The first-order valence-electron chi connectivity index (χ1n) is 5.32. The molecular weight excluding hydrogens is 220 g/mol. The van der Waals surface area contributed by atoms with Gasteiger partial charge in [-0.25, -0.2) is 4.79 Å². The summed E-state index contributed by atoms with van der Waals surface area (Å²) in [7, 11) is 3.16. The van der Waals surface area contributed by atoms with Crippen molar-refractivity contribution in [3.05, 3.63) is 23.8 Å². The number of methoxy groups -OCH3 is 1. The van der Waals surface area contributed by atoms with Crippen molar-refractivity contribution in [3.8, 4) is 0 Å². The largest absolute Gasteiger partial charge is 0.465 e. The van der Waals surface area contributed by atoms with Crippen LogP contribution in [0.25, 0.3) is 0 Å². The molecule has 0 fully saturated rings. The molecule has 1 aromatic carbocycles. The number of nitrogen functional groups attached to an aromatic ring is 1. The Morgan fingerprint density at radius 2 is 2.24 bits per heavy atom. The van der Waals surface area contributed by atoms with E-state index in [2.05, 4.69) is 4.74 Å². The molecule has 5 nitrogen and oxygen atoms in total. The Kier molecular flexibility index (Phi) is 4.34. The smallest absolute Gasteiger partial charge is 0.337 e. The topological polar surface area (TPSA) is 75.8 Å². The lowest BCUT2D eigenvalue weighted by Gasteiger charge is -2.26. The summed E-state index contributed by atoms with van der Waals surface area (Å²) in [5.74, 6) is -0.416. The molecule has 5 heteroatoms. The number of ether oxygens (including phenoxy) is 1. The van der Waals surface area contributed by atoms with Crippen molar-refractivity contribution in [2.45, 2.75) is 13.0 Å². The number of carbonyl (C=O) groups is 1. The van der Waals surface area contributed by atoms with Crippen LogP contribution in [0.1, 0.15) is 17.3 Å². The monoisotopic (exact) mass is 238 g/mol. The van der Waals surface area contributed by atoms with Crippen molar-refractivity contribution >= 4 is 17.3 Å². The lowest BCUT2D eigenvalue weighted by Crippen LogP contribution is -2.32. The Morgan fingerprint density at radius 1 is 1.59 bits per heavy atom. The summed E-state index contributed by atoms with van der Waals surface area (Å²) < 4.78 is 4.61. The van der Waals surface area contributed by atoms with E-state index >= 15 is 0 Å². The Labute approximate surface area is 101 Å². The third kappa shape index (κ3) is 2.88. The molecule has 17 heavy (non-hydrogen) atoms. The number of nitrogens with two attached hydrogens (primary N) is 1. The first kappa shape index (κ1) is 13.3. The standard InChI is InChI=1S/C12H18N2O3/c1-8(7-15)14(2)11-5-4-9(6-10(11)13)12(16)17-3/h4-6,8,15H,7,13H2,1-3H3. The highest BCUT2D eigenvalue weighted by Crippen LogP contribution is 2.25. The minimum atomic E-state index is -0.416. The van der Waals surface area contributed by atoms with Gasteiger partial charge in [0, 0.05) is 13.1 Å². The van der Waals surface area contributed by atoms with Gasteiger partial charge in [-0.15, -0.1) is 0 Å². The zero-order valence-corrected chi connectivity index (χ0v) is 10.3. The Balaban J connectivity index is 3.01. The van der Waals surface area contributed by atoms with E-state index < -0.39 is 5.97 Å². The number of rotatable bonds is 4. The van der Waals surface area contributed by atoms with Crippen molar-refractivity contribution in [1.29, 1.82) is 0 Å². The number of hydrogen-bond donors (Lipinski definition) is 2. The fourth-order valence-electron chi connectivity index (χ4n) is 1.48. The number of likely N-dealkylation sites (N-methyl/N-ethyl adjacent to an activating group) is 1. The minimum absolute atomic E-state index is 0.0364. The van der Waals surface area contributed by atoms with Crippen molar-refractivity contribution < 1.29 is 14.6 Å². The number of benzene rings is 1. The van der Waals surface area contributed by atoms with Gasteiger partial charge < -0.3 is 20.5 Å². The summed E-state index contributed by atoms with van der Waals surface area (Å²) in [6.45, 7) is 1.92. The maximum absolute atomic E-state index is 11.3. The van der Waals surface area contributed by atoms with E-state index in [0.717, 1.165) is 5.69 Å². The molecule has 1 aromatic rings. The van der Waals surface area contributed by atoms with Crippen LogP contribution in [0.2, 0.25) is 0 Å². The van der Waals surface area contributed by atoms with Gasteiger partial charge in [0.1, 0.15) is 0 Å². The lowest BCUT2D eigenvalue weighted by atomic mass is 10.1. The normalized spacial score (nSPS) is 12.0. The molecule has 0 aromatic heterocycles. The van der Waals surface area contributed by atoms with E-state index in [4.69, 9.17) is 10.8 Å². The molecule has 1 rings (SSSR count). The van der Waals surface area contributed by atoms with Crippen LogP contribution in [0.4, 0.5) is 11.4 Å². The average molecular weight is 238 g/mol. The van der Waals surface area contributed by atoms with Gasteiger partial charge >= 0.3 is 5.97 Å². The predicted molar refractivity (Wildman–Crippen MR) is 67.1 cm³/mol. The van der Waals surface area contributed by atoms with Gasteiger partial charge in [0.2, 0.25) is 0 Å². The molecule has 1 unspecified atom stereocenters. The zero-order valence-electron chi connectivity index (χ0n) is 10.3. The van der Waals surface area contributed by atoms with Crippen molar-refractivity contribution in [2.24, 2.45) is 0 Å². The van der Waals surface area contributed by atoms with E-state index in [1.165, 1.54) is 7.11 Å². The summed E-state index contributed by atoms with van der Waals surface area (Å²) >= 11 is 0. The van der Waals surface area contributed by atoms with E-state index in [1.807, 2.05) is 18.9 Å². The van der Waals surface area contributed by atoms with Gasteiger partial charge in [-0.3, -0.25) is 0 Å². The second-order valence-corrected chi connectivity index (χ2v) is 3.91. The highest BCUT2D eigenvalue weighted by Gasteiger charge is 2.14. The molecule has 0 bridgehead atoms. The molecule has 0 aliphatic rings. The molecule has 0 aliphatic heterocycles. The van der Waals surface area contributed by atoms with Gasteiger partial charge in [-0.05, 0) is 25.1 Å². The van der Waals surface area contributed by atoms with E-state index in [1.54, 1.807) is 18.2 Å². The van der Waals surface area contributed by atoms with Gasteiger partial charge in [-0.1, -0.05) is 0 Å². The second kappa shape index (κ2) is 5.54. The minimum Gasteiger partial charge on any atom is -0.465 e. The van der Waals surface area contributed by atoms with Crippen LogP contribution in [-0.2, 0) is 4.74 Å². The quantitative estimate of drug-likeness (QED) is 0.601. The molecule has 0 amide bonds. The van der Waals surface area contributed by atoms with Crippen molar-refractivity contribution in [2.75, 3.05) is 31.4 Å². The van der Waals surface area contributed by atoms with Gasteiger partial charge in [0.15, 0.2) is 0 Å². The maximum Gasteiger partial charge on any atom is 0.337 e. The molecule has 94 valence electrons.